The average Bonchev–Trinajstić information content (AvgIpc) is 2.80. The number of esters is 4. The molecule has 0 saturated heterocycles. The van der Waals surface area contributed by atoms with Gasteiger partial charge in [-0.25, -0.2) is 0 Å². The molecule has 1 N–H and O–H groups in total. The molecule has 0 aliphatic heterocycles. The molecule has 0 aliphatic rings. The van der Waals surface area contributed by atoms with E-state index in [0.717, 1.165) is 11.1 Å². The van der Waals surface area contributed by atoms with E-state index in [0.29, 0.717) is 0 Å². The summed E-state index contributed by atoms with van der Waals surface area (Å²) in [5, 5.41) is 9.29. The maximum absolute atomic E-state index is 11.8. The van der Waals surface area contributed by atoms with Crippen molar-refractivity contribution in [2.45, 2.75) is 32.2 Å². The second kappa shape index (κ2) is 13.6. The predicted octanol–water partition coefficient (Wildman–Crippen LogP) is 1.70. The Labute approximate surface area is 184 Å². The van der Waals surface area contributed by atoms with E-state index in [-0.39, 0.29) is 13.2 Å². The number of benzene rings is 2. The highest BCUT2D eigenvalue weighted by atomic mass is 16.6. The number of hydrogen-bond acceptors (Lipinski definition) is 9. The van der Waals surface area contributed by atoms with Gasteiger partial charge in [0.15, 0.2) is 6.10 Å². The summed E-state index contributed by atoms with van der Waals surface area (Å²) in [6.07, 6.45) is -2.48. The lowest BCUT2D eigenvalue weighted by molar-refractivity contribution is -0.168. The minimum atomic E-state index is -1.19. The molecule has 0 saturated carbocycles. The van der Waals surface area contributed by atoms with Crippen molar-refractivity contribution in [1.29, 1.82) is 0 Å². The minimum absolute atomic E-state index is 0.00830. The Morgan fingerprint density at radius 3 is 1.56 bits per heavy atom. The van der Waals surface area contributed by atoms with Crippen molar-refractivity contribution in [2.24, 2.45) is 0 Å². The summed E-state index contributed by atoms with van der Waals surface area (Å²) in [6, 6.07) is 17.8. The quantitative estimate of drug-likeness (QED) is 0.296. The van der Waals surface area contributed by atoms with Crippen molar-refractivity contribution in [1.82, 2.24) is 0 Å². The normalized spacial score (nSPS) is 11.2. The summed E-state index contributed by atoms with van der Waals surface area (Å²) in [5.74, 6) is -3.42. The van der Waals surface area contributed by atoms with Crippen LogP contribution in [-0.2, 0) is 51.3 Å². The Balaban J connectivity index is 1.64. The van der Waals surface area contributed by atoms with Crippen LogP contribution in [0.1, 0.15) is 24.0 Å². The lowest BCUT2D eigenvalue weighted by Crippen LogP contribution is -2.30. The van der Waals surface area contributed by atoms with Gasteiger partial charge >= 0.3 is 23.9 Å². The highest BCUT2D eigenvalue weighted by Gasteiger charge is 2.20. The minimum Gasteiger partial charge on any atom is -0.461 e. The summed E-state index contributed by atoms with van der Waals surface area (Å²) < 4.78 is 19.7. The molecule has 0 aromatic heterocycles. The molecular formula is C23H24O9. The van der Waals surface area contributed by atoms with Crippen LogP contribution >= 0.6 is 0 Å². The third-order valence-electron chi connectivity index (χ3n) is 3.99. The van der Waals surface area contributed by atoms with E-state index < -0.39 is 56.0 Å². The van der Waals surface area contributed by atoms with Gasteiger partial charge in [-0.05, 0) is 11.1 Å². The molecule has 0 spiro atoms. The molecule has 9 nitrogen and oxygen atoms in total. The number of aliphatic hydroxyl groups excluding tert-OH is 1. The number of hydrogen-bond donors (Lipinski definition) is 1. The Morgan fingerprint density at radius 1 is 0.656 bits per heavy atom. The molecule has 0 bridgehead atoms. The molecule has 0 radical (unpaired) electrons. The fourth-order valence-electron chi connectivity index (χ4n) is 2.40. The van der Waals surface area contributed by atoms with Gasteiger partial charge in [0, 0.05) is 0 Å². The van der Waals surface area contributed by atoms with Crippen molar-refractivity contribution in [3.63, 3.8) is 0 Å². The van der Waals surface area contributed by atoms with E-state index >= 15 is 0 Å². The van der Waals surface area contributed by atoms with Crippen LogP contribution < -0.4 is 0 Å². The standard InChI is InChI=1S/C23H24O9/c24-13-19(32-23(28)12-22(27)30-15-18-9-5-2-6-10-18)16-31-21(26)11-20(25)29-14-17-7-3-1-4-8-17/h1-10,19,24H,11-16H2. The zero-order chi connectivity index (χ0) is 23.2. The number of rotatable bonds is 12. The Hall–Kier alpha value is -3.72. The first kappa shape index (κ1) is 24.5. The molecule has 170 valence electrons. The lowest BCUT2D eigenvalue weighted by atomic mass is 10.2. The van der Waals surface area contributed by atoms with Gasteiger partial charge in [-0.2, -0.15) is 0 Å². The molecule has 1 atom stereocenters. The first-order valence-corrected chi connectivity index (χ1v) is 9.81. The lowest BCUT2D eigenvalue weighted by Gasteiger charge is -2.15. The first-order chi connectivity index (χ1) is 15.5. The van der Waals surface area contributed by atoms with E-state index in [4.69, 9.17) is 18.9 Å². The van der Waals surface area contributed by atoms with E-state index in [1.165, 1.54) is 0 Å². The highest BCUT2D eigenvalue weighted by Crippen LogP contribution is 2.05. The van der Waals surface area contributed by atoms with Crippen molar-refractivity contribution in [3.05, 3.63) is 71.8 Å². The number of carbonyl (C=O) groups excluding carboxylic acids is 4. The van der Waals surface area contributed by atoms with Gasteiger partial charge in [-0.15, -0.1) is 0 Å². The maximum atomic E-state index is 11.8. The van der Waals surface area contributed by atoms with E-state index in [2.05, 4.69) is 0 Å². The molecule has 32 heavy (non-hydrogen) atoms. The SMILES string of the molecule is O=C(CC(=O)OCC(CO)OC(=O)CC(=O)OCc1ccccc1)OCc1ccccc1. The van der Waals surface area contributed by atoms with Gasteiger partial charge in [0.25, 0.3) is 0 Å². The van der Waals surface area contributed by atoms with E-state index in [9.17, 15) is 24.3 Å². The van der Waals surface area contributed by atoms with Crippen molar-refractivity contribution < 1.29 is 43.2 Å². The van der Waals surface area contributed by atoms with Crippen LogP contribution in [0.15, 0.2) is 60.7 Å². The van der Waals surface area contributed by atoms with Crippen molar-refractivity contribution in [2.75, 3.05) is 13.2 Å². The average molecular weight is 444 g/mol. The smallest absolute Gasteiger partial charge is 0.317 e. The second-order valence-corrected chi connectivity index (χ2v) is 6.62. The number of ether oxygens (including phenoxy) is 4. The number of aliphatic hydroxyl groups is 1. The first-order valence-electron chi connectivity index (χ1n) is 9.81. The summed E-state index contributed by atoms with van der Waals surface area (Å²) >= 11 is 0. The molecule has 1 unspecified atom stereocenters. The third kappa shape index (κ3) is 9.86. The predicted molar refractivity (Wildman–Crippen MR) is 110 cm³/mol. The zero-order valence-corrected chi connectivity index (χ0v) is 17.3. The molecular weight excluding hydrogens is 420 g/mol. The van der Waals surface area contributed by atoms with Crippen LogP contribution in [0, 0.1) is 0 Å². The topological polar surface area (TPSA) is 125 Å². The summed E-state index contributed by atoms with van der Waals surface area (Å²) in [4.78, 5) is 47.0. The van der Waals surface area contributed by atoms with Crippen molar-refractivity contribution in [3.8, 4) is 0 Å². The van der Waals surface area contributed by atoms with E-state index in [1.54, 1.807) is 48.5 Å². The largest absolute Gasteiger partial charge is 0.461 e. The van der Waals surface area contributed by atoms with Crippen LogP contribution in [0.25, 0.3) is 0 Å². The monoisotopic (exact) mass is 444 g/mol. The zero-order valence-electron chi connectivity index (χ0n) is 17.3. The molecule has 2 aromatic rings. The molecule has 0 heterocycles. The highest BCUT2D eigenvalue weighted by molar-refractivity contribution is 5.91. The van der Waals surface area contributed by atoms with Gasteiger partial charge < -0.3 is 24.1 Å². The van der Waals surface area contributed by atoms with Gasteiger partial charge in [0.2, 0.25) is 0 Å². The number of carbonyl (C=O) groups is 4. The molecule has 2 aromatic carbocycles. The summed E-state index contributed by atoms with van der Waals surface area (Å²) in [7, 11) is 0. The molecule has 0 amide bonds. The Morgan fingerprint density at radius 2 is 1.09 bits per heavy atom. The Bertz CT molecular complexity index is 881. The summed E-state index contributed by atoms with van der Waals surface area (Å²) in [6.45, 7) is -1.10. The third-order valence-corrected chi connectivity index (χ3v) is 3.99. The van der Waals surface area contributed by atoms with Gasteiger partial charge in [0.1, 0.15) is 32.7 Å². The molecule has 9 heteroatoms. The van der Waals surface area contributed by atoms with Crippen LogP contribution in [0.5, 0.6) is 0 Å². The second-order valence-electron chi connectivity index (χ2n) is 6.62. The van der Waals surface area contributed by atoms with E-state index in [1.807, 2.05) is 12.1 Å². The molecule has 0 aliphatic carbocycles. The van der Waals surface area contributed by atoms with Gasteiger partial charge in [-0.3, -0.25) is 19.2 Å². The van der Waals surface area contributed by atoms with Crippen LogP contribution in [0.2, 0.25) is 0 Å². The summed E-state index contributed by atoms with van der Waals surface area (Å²) in [5.41, 5.74) is 1.53. The van der Waals surface area contributed by atoms with Gasteiger partial charge in [-0.1, -0.05) is 60.7 Å². The van der Waals surface area contributed by atoms with Crippen LogP contribution in [0.4, 0.5) is 0 Å². The Kier molecular flexibility index (Phi) is 10.4. The van der Waals surface area contributed by atoms with Crippen LogP contribution in [-0.4, -0.2) is 48.3 Å². The maximum Gasteiger partial charge on any atom is 0.317 e. The molecule has 2 rings (SSSR count). The fraction of sp³-hybridized carbons (Fsp3) is 0.304. The van der Waals surface area contributed by atoms with Crippen LogP contribution in [0.3, 0.4) is 0 Å². The van der Waals surface area contributed by atoms with Crippen molar-refractivity contribution >= 4 is 23.9 Å². The van der Waals surface area contributed by atoms with Gasteiger partial charge in [0.05, 0.1) is 6.61 Å². The fourth-order valence-corrected chi connectivity index (χ4v) is 2.40. The molecule has 0 fully saturated rings.